The maximum absolute atomic E-state index is 9.46. The van der Waals surface area contributed by atoms with Gasteiger partial charge in [-0.1, -0.05) is 26.7 Å². The molecule has 0 aliphatic rings. The lowest BCUT2D eigenvalue weighted by molar-refractivity contribution is 0.373. The normalized spacial score (nSPS) is 13.0. The van der Waals surface area contributed by atoms with Gasteiger partial charge in [0.05, 0.1) is 5.76 Å². The van der Waals surface area contributed by atoms with Crippen LogP contribution in [-0.4, -0.2) is 5.11 Å². The van der Waals surface area contributed by atoms with Crippen LogP contribution in [0.25, 0.3) is 0 Å². The largest absolute Gasteiger partial charge is 0.512 e. The molecule has 0 aromatic carbocycles. The van der Waals surface area contributed by atoms with Gasteiger partial charge in [0.25, 0.3) is 0 Å². The van der Waals surface area contributed by atoms with Crippen molar-refractivity contribution in [2.75, 3.05) is 0 Å². The third-order valence-corrected chi connectivity index (χ3v) is 1.88. The molecule has 1 heteroatoms. The van der Waals surface area contributed by atoms with Gasteiger partial charge in [-0.2, -0.15) is 0 Å². The Hall–Kier alpha value is -0.460. The second kappa shape index (κ2) is 6.26. The number of aliphatic hydroxyl groups excluding tert-OH is 1. The van der Waals surface area contributed by atoms with E-state index >= 15 is 0 Å². The van der Waals surface area contributed by atoms with E-state index in [9.17, 15) is 5.11 Å². The Labute approximate surface area is 70.1 Å². The van der Waals surface area contributed by atoms with Gasteiger partial charge in [-0.3, -0.25) is 0 Å². The fourth-order valence-corrected chi connectivity index (χ4v) is 1.08. The Morgan fingerprint density at radius 2 is 1.73 bits per heavy atom. The second-order valence-corrected chi connectivity index (χ2v) is 3.08. The Morgan fingerprint density at radius 1 is 1.09 bits per heavy atom. The maximum atomic E-state index is 9.46. The summed E-state index contributed by atoms with van der Waals surface area (Å²) in [6, 6.07) is 0. The molecule has 0 fully saturated rings. The molecule has 0 rings (SSSR count). The van der Waals surface area contributed by atoms with E-state index in [4.69, 9.17) is 0 Å². The molecule has 0 bridgehead atoms. The molecule has 0 aromatic rings. The number of aliphatic hydroxyl groups is 1. The standard InChI is InChI=1S/C10H20O/c1-4-6-8-10(11)9(3)7-5-2/h11H,4-8H2,1-3H3/b10-9-. The molecule has 0 spiro atoms. The fraction of sp³-hybridized carbons (Fsp3) is 0.800. The fourth-order valence-electron chi connectivity index (χ4n) is 1.08. The first-order chi connectivity index (χ1) is 5.22. The summed E-state index contributed by atoms with van der Waals surface area (Å²) in [6.45, 7) is 6.30. The zero-order chi connectivity index (χ0) is 8.69. The second-order valence-electron chi connectivity index (χ2n) is 3.08. The highest BCUT2D eigenvalue weighted by molar-refractivity contribution is 5.03. The molecule has 11 heavy (non-hydrogen) atoms. The van der Waals surface area contributed by atoms with Crippen LogP contribution in [0.1, 0.15) is 52.9 Å². The lowest BCUT2D eigenvalue weighted by Crippen LogP contribution is -1.87. The molecule has 66 valence electrons. The van der Waals surface area contributed by atoms with Crippen LogP contribution in [0.3, 0.4) is 0 Å². The summed E-state index contributed by atoms with van der Waals surface area (Å²) in [4.78, 5) is 0. The number of allylic oxidation sites excluding steroid dienone is 2. The van der Waals surface area contributed by atoms with E-state index < -0.39 is 0 Å². The van der Waals surface area contributed by atoms with Crippen molar-refractivity contribution in [1.29, 1.82) is 0 Å². The Morgan fingerprint density at radius 3 is 2.18 bits per heavy atom. The third kappa shape index (κ3) is 4.88. The molecule has 0 saturated carbocycles. The summed E-state index contributed by atoms with van der Waals surface area (Å²) in [5.41, 5.74) is 1.17. The van der Waals surface area contributed by atoms with E-state index in [1.807, 2.05) is 6.92 Å². The molecule has 0 aliphatic heterocycles. The summed E-state index contributed by atoms with van der Waals surface area (Å²) >= 11 is 0. The van der Waals surface area contributed by atoms with Crippen LogP contribution in [-0.2, 0) is 0 Å². The summed E-state index contributed by atoms with van der Waals surface area (Å²) in [7, 11) is 0. The predicted molar refractivity (Wildman–Crippen MR) is 49.8 cm³/mol. The van der Waals surface area contributed by atoms with Gasteiger partial charge in [-0.05, 0) is 25.3 Å². The minimum atomic E-state index is 0.619. The lowest BCUT2D eigenvalue weighted by atomic mass is 10.1. The van der Waals surface area contributed by atoms with Gasteiger partial charge >= 0.3 is 0 Å². The van der Waals surface area contributed by atoms with Gasteiger partial charge in [-0.15, -0.1) is 0 Å². The van der Waals surface area contributed by atoms with Gasteiger partial charge in [0.2, 0.25) is 0 Å². The van der Waals surface area contributed by atoms with Crippen LogP contribution in [0.15, 0.2) is 11.3 Å². The van der Waals surface area contributed by atoms with Crippen molar-refractivity contribution < 1.29 is 5.11 Å². The highest BCUT2D eigenvalue weighted by atomic mass is 16.3. The summed E-state index contributed by atoms with van der Waals surface area (Å²) in [6.07, 6.45) is 5.29. The monoisotopic (exact) mass is 156 g/mol. The average Bonchev–Trinajstić information content (AvgIpc) is 2.00. The molecular weight excluding hydrogens is 136 g/mol. The molecule has 0 heterocycles. The Balaban J connectivity index is 3.73. The van der Waals surface area contributed by atoms with Crippen molar-refractivity contribution >= 4 is 0 Å². The summed E-state index contributed by atoms with van der Waals surface area (Å²) in [5.74, 6) is 0.619. The van der Waals surface area contributed by atoms with E-state index in [-0.39, 0.29) is 0 Å². The van der Waals surface area contributed by atoms with Gasteiger partial charge in [0.15, 0.2) is 0 Å². The smallest absolute Gasteiger partial charge is 0.0911 e. The number of hydrogen-bond donors (Lipinski definition) is 1. The van der Waals surface area contributed by atoms with Crippen LogP contribution in [0.2, 0.25) is 0 Å². The zero-order valence-electron chi connectivity index (χ0n) is 7.98. The molecule has 0 unspecified atom stereocenters. The SMILES string of the molecule is CCCC/C(O)=C(\C)CCC. The minimum Gasteiger partial charge on any atom is -0.512 e. The summed E-state index contributed by atoms with van der Waals surface area (Å²) < 4.78 is 0. The first-order valence-electron chi connectivity index (χ1n) is 4.59. The molecule has 0 aliphatic carbocycles. The summed E-state index contributed by atoms with van der Waals surface area (Å²) in [5, 5.41) is 9.46. The quantitative estimate of drug-likeness (QED) is 0.600. The number of hydrogen-bond acceptors (Lipinski definition) is 1. The van der Waals surface area contributed by atoms with Gasteiger partial charge in [0, 0.05) is 6.42 Å². The minimum absolute atomic E-state index is 0.619. The average molecular weight is 156 g/mol. The Bertz CT molecular complexity index is 125. The van der Waals surface area contributed by atoms with Crippen molar-refractivity contribution in [2.24, 2.45) is 0 Å². The van der Waals surface area contributed by atoms with Crippen molar-refractivity contribution in [1.82, 2.24) is 0 Å². The Kier molecular flexibility index (Phi) is 6.00. The van der Waals surface area contributed by atoms with E-state index in [1.165, 1.54) is 5.57 Å². The van der Waals surface area contributed by atoms with E-state index in [2.05, 4.69) is 13.8 Å². The van der Waals surface area contributed by atoms with Crippen LogP contribution in [0.4, 0.5) is 0 Å². The first kappa shape index (κ1) is 10.5. The molecule has 0 amide bonds. The number of rotatable bonds is 5. The van der Waals surface area contributed by atoms with Gasteiger partial charge < -0.3 is 5.11 Å². The van der Waals surface area contributed by atoms with Crippen molar-refractivity contribution in [3.63, 3.8) is 0 Å². The van der Waals surface area contributed by atoms with Crippen LogP contribution in [0, 0.1) is 0 Å². The van der Waals surface area contributed by atoms with Crippen LogP contribution in [0.5, 0.6) is 0 Å². The predicted octanol–water partition coefficient (Wildman–Crippen LogP) is 3.81. The molecule has 0 saturated heterocycles. The van der Waals surface area contributed by atoms with E-state index in [0.717, 1.165) is 32.1 Å². The van der Waals surface area contributed by atoms with Crippen LogP contribution >= 0.6 is 0 Å². The molecule has 1 nitrogen and oxygen atoms in total. The molecular formula is C10H20O. The van der Waals surface area contributed by atoms with Gasteiger partial charge in [0.1, 0.15) is 0 Å². The van der Waals surface area contributed by atoms with Crippen molar-refractivity contribution in [3.05, 3.63) is 11.3 Å². The molecule has 0 aromatic heterocycles. The highest BCUT2D eigenvalue weighted by Crippen LogP contribution is 2.13. The van der Waals surface area contributed by atoms with E-state index in [0.29, 0.717) is 5.76 Å². The lowest BCUT2D eigenvalue weighted by Gasteiger charge is -2.03. The number of unbranched alkanes of at least 4 members (excludes halogenated alkanes) is 1. The molecule has 0 atom stereocenters. The molecule has 0 radical (unpaired) electrons. The van der Waals surface area contributed by atoms with Crippen LogP contribution < -0.4 is 0 Å². The third-order valence-electron chi connectivity index (χ3n) is 1.88. The van der Waals surface area contributed by atoms with Gasteiger partial charge in [-0.25, -0.2) is 0 Å². The van der Waals surface area contributed by atoms with Crippen molar-refractivity contribution in [3.8, 4) is 0 Å². The molecule has 1 N–H and O–H groups in total. The maximum Gasteiger partial charge on any atom is 0.0911 e. The topological polar surface area (TPSA) is 20.2 Å². The zero-order valence-corrected chi connectivity index (χ0v) is 7.98. The first-order valence-corrected chi connectivity index (χ1v) is 4.59. The van der Waals surface area contributed by atoms with Crippen molar-refractivity contribution in [2.45, 2.75) is 52.9 Å². The van der Waals surface area contributed by atoms with E-state index in [1.54, 1.807) is 0 Å². The highest BCUT2D eigenvalue weighted by Gasteiger charge is 1.97.